The van der Waals surface area contributed by atoms with Gasteiger partial charge in [0.1, 0.15) is 17.3 Å². The number of nitrogens with two attached hydrogens (primary N) is 1. The van der Waals surface area contributed by atoms with E-state index in [0.29, 0.717) is 16.7 Å². The predicted molar refractivity (Wildman–Crippen MR) is 113 cm³/mol. The summed E-state index contributed by atoms with van der Waals surface area (Å²) in [7, 11) is 0. The molecule has 1 atom stereocenters. The number of amides is 2. The van der Waals surface area contributed by atoms with Crippen molar-refractivity contribution in [2.75, 3.05) is 0 Å². The Labute approximate surface area is 185 Å². The molecule has 1 aliphatic heterocycles. The smallest absolute Gasteiger partial charge is 0.306 e. The first-order valence-corrected chi connectivity index (χ1v) is 10.2. The number of ether oxygens (including phenoxy) is 1. The Morgan fingerprint density at radius 1 is 1.31 bits per heavy atom. The van der Waals surface area contributed by atoms with E-state index in [0.717, 1.165) is 0 Å². The van der Waals surface area contributed by atoms with E-state index >= 15 is 0 Å². The highest BCUT2D eigenvalue weighted by atomic mass is 19.1. The van der Waals surface area contributed by atoms with Gasteiger partial charge in [-0.3, -0.25) is 19.4 Å². The van der Waals surface area contributed by atoms with Crippen molar-refractivity contribution in [3.05, 3.63) is 53.0 Å². The van der Waals surface area contributed by atoms with Gasteiger partial charge in [-0.2, -0.15) is 0 Å². The number of fused-ring (bicyclic) bond motifs is 1. The predicted octanol–water partition coefficient (Wildman–Crippen LogP) is 2.31. The molecule has 0 bridgehead atoms. The van der Waals surface area contributed by atoms with Gasteiger partial charge in [-0.25, -0.2) is 4.39 Å². The fourth-order valence-electron chi connectivity index (χ4n) is 3.65. The molecule has 0 aliphatic carbocycles. The van der Waals surface area contributed by atoms with Gasteiger partial charge in [0.25, 0.3) is 5.91 Å². The average molecular weight is 443 g/mol. The number of rotatable bonds is 7. The highest BCUT2D eigenvalue weighted by molar-refractivity contribution is 6.01. The highest BCUT2D eigenvalue weighted by Crippen LogP contribution is 2.31. The zero-order valence-electron chi connectivity index (χ0n) is 18.2. The van der Waals surface area contributed by atoms with Crippen LogP contribution in [0.25, 0.3) is 11.3 Å². The van der Waals surface area contributed by atoms with E-state index in [9.17, 15) is 23.9 Å². The second-order valence-corrected chi connectivity index (χ2v) is 8.64. The van der Waals surface area contributed by atoms with Gasteiger partial charge >= 0.3 is 5.97 Å². The largest absolute Gasteiger partial charge is 0.460 e. The summed E-state index contributed by atoms with van der Waals surface area (Å²) < 4.78 is 19.8. The number of pyridine rings is 1. The first-order chi connectivity index (χ1) is 15.0. The van der Waals surface area contributed by atoms with Gasteiger partial charge in [0, 0.05) is 35.9 Å². The Bertz CT molecular complexity index is 1060. The average Bonchev–Trinajstić information content (AvgIpc) is 3.02. The Balaban J connectivity index is 1.81. The Kier molecular flexibility index (Phi) is 6.59. The van der Waals surface area contributed by atoms with Crippen LogP contribution in [0.2, 0.25) is 0 Å². The molecule has 8 nitrogen and oxygen atoms in total. The third-order valence-electron chi connectivity index (χ3n) is 5.10. The van der Waals surface area contributed by atoms with Crippen LogP contribution < -0.4 is 5.73 Å². The first kappa shape index (κ1) is 23.3. The normalized spacial score (nSPS) is 14.3. The first-order valence-electron chi connectivity index (χ1n) is 10.2. The van der Waals surface area contributed by atoms with Gasteiger partial charge in [0.05, 0.1) is 6.61 Å². The zero-order chi connectivity index (χ0) is 23.6. The van der Waals surface area contributed by atoms with E-state index in [1.54, 1.807) is 39.0 Å². The van der Waals surface area contributed by atoms with Crippen LogP contribution in [0, 0.1) is 5.82 Å². The summed E-state index contributed by atoms with van der Waals surface area (Å²) in [6, 6.07) is 5.14. The number of hydrogen-bond acceptors (Lipinski definition) is 6. The number of benzene rings is 1. The van der Waals surface area contributed by atoms with Crippen LogP contribution >= 0.6 is 0 Å². The third kappa shape index (κ3) is 4.94. The van der Waals surface area contributed by atoms with Crippen molar-refractivity contribution < 1.29 is 28.6 Å². The summed E-state index contributed by atoms with van der Waals surface area (Å²) in [6.45, 7) is 4.84. The third-order valence-corrected chi connectivity index (χ3v) is 5.10. The minimum atomic E-state index is -0.988. The van der Waals surface area contributed by atoms with Crippen molar-refractivity contribution in [3.8, 4) is 11.3 Å². The molecule has 1 unspecified atom stereocenters. The maximum absolute atomic E-state index is 14.6. The maximum Gasteiger partial charge on any atom is 0.306 e. The second kappa shape index (κ2) is 9.04. The molecule has 2 heterocycles. The molecule has 170 valence electrons. The lowest BCUT2D eigenvalue weighted by Crippen LogP contribution is -2.45. The Morgan fingerprint density at radius 3 is 2.66 bits per heavy atom. The van der Waals surface area contributed by atoms with E-state index in [2.05, 4.69) is 4.98 Å². The molecular formula is C23H26FN3O5. The number of aromatic nitrogens is 1. The quantitative estimate of drug-likeness (QED) is 0.633. The monoisotopic (exact) mass is 443 g/mol. The van der Waals surface area contributed by atoms with E-state index in [4.69, 9.17) is 10.5 Å². The summed E-state index contributed by atoms with van der Waals surface area (Å²) in [6.07, 6.45) is 1.36. The topological polar surface area (TPSA) is 123 Å². The molecule has 1 aliphatic rings. The molecule has 0 radical (unpaired) electrons. The van der Waals surface area contributed by atoms with Crippen LogP contribution in [0.15, 0.2) is 30.5 Å². The number of halogens is 1. The lowest BCUT2D eigenvalue weighted by atomic mass is 10.0. The van der Waals surface area contributed by atoms with Crippen LogP contribution in [0.4, 0.5) is 4.39 Å². The van der Waals surface area contributed by atoms with E-state index in [1.807, 2.05) is 0 Å². The van der Waals surface area contributed by atoms with Crippen LogP contribution in [-0.2, 0) is 27.5 Å². The fraction of sp³-hybridized carbons (Fsp3) is 0.391. The standard InChI is InChI=1S/C23H26FN3O5/c1-23(2,3)32-18(29)7-6-17(21(25)30)27-11-15-10-13(4-5-16(15)22(27)31)20-19(24)14(12-28)8-9-26-20/h4-5,8-10,17,28H,6-7,11-12H2,1-3H3,(H2,25,30). The van der Waals surface area contributed by atoms with Crippen LogP contribution in [0.5, 0.6) is 0 Å². The van der Waals surface area contributed by atoms with Crippen molar-refractivity contribution in [2.45, 2.75) is 58.4 Å². The van der Waals surface area contributed by atoms with Gasteiger partial charge < -0.3 is 20.5 Å². The number of aliphatic hydroxyl groups excluding tert-OH is 1. The lowest BCUT2D eigenvalue weighted by molar-refractivity contribution is -0.155. The molecule has 0 fully saturated rings. The van der Waals surface area contributed by atoms with Crippen molar-refractivity contribution in [1.82, 2.24) is 9.88 Å². The molecule has 3 rings (SSSR count). The fourth-order valence-corrected chi connectivity index (χ4v) is 3.65. The Morgan fingerprint density at radius 2 is 2.03 bits per heavy atom. The molecule has 1 aromatic carbocycles. The molecule has 3 N–H and O–H groups in total. The second-order valence-electron chi connectivity index (χ2n) is 8.64. The van der Waals surface area contributed by atoms with E-state index < -0.39 is 41.9 Å². The summed E-state index contributed by atoms with van der Waals surface area (Å²) in [4.78, 5) is 42.4. The molecule has 2 aromatic rings. The highest BCUT2D eigenvalue weighted by Gasteiger charge is 2.36. The molecular weight excluding hydrogens is 417 g/mol. The number of nitrogens with zero attached hydrogens (tertiary/aromatic N) is 2. The number of carbonyl (C=O) groups is 3. The van der Waals surface area contributed by atoms with Gasteiger partial charge in [-0.05, 0) is 51.0 Å². The van der Waals surface area contributed by atoms with Gasteiger partial charge in [0.15, 0.2) is 5.82 Å². The van der Waals surface area contributed by atoms with Crippen LogP contribution in [0.3, 0.4) is 0 Å². The molecule has 0 saturated carbocycles. The molecule has 32 heavy (non-hydrogen) atoms. The minimum absolute atomic E-state index is 0.0333. The molecule has 1 aromatic heterocycles. The molecule has 0 saturated heterocycles. The van der Waals surface area contributed by atoms with E-state index in [1.165, 1.54) is 17.2 Å². The maximum atomic E-state index is 14.6. The lowest BCUT2D eigenvalue weighted by Gasteiger charge is -2.25. The number of esters is 1. The van der Waals surface area contributed by atoms with Gasteiger partial charge in [-0.1, -0.05) is 6.07 Å². The number of aliphatic hydroxyl groups is 1. The zero-order valence-corrected chi connectivity index (χ0v) is 18.2. The van der Waals surface area contributed by atoms with Crippen molar-refractivity contribution in [1.29, 1.82) is 0 Å². The van der Waals surface area contributed by atoms with Crippen molar-refractivity contribution in [3.63, 3.8) is 0 Å². The summed E-state index contributed by atoms with van der Waals surface area (Å²) in [5, 5.41) is 9.28. The number of primary amides is 1. The van der Waals surface area contributed by atoms with Crippen molar-refractivity contribution in [2.24, 2.45) is 5.73 Å². The number of hydrogen-bond donors (Lipinski definition) is 2. The molecule has 2 amide bonds. The summed E-state index contributed by atoms with van der Waals surface area (Å²) in [5.74, 6) is -2.24. The summed E-state index contributed by atoms with van der Waals surface area (Å²) >= 11 is 0. The summed E-state index contributed by atoms with van der Waals surface area (Å²) in [5.41, 5.74) is 6.44. The van der Waals surface area contributed by atoms with Gasteiger partial charge in [0.2, 0.25) is 5.91 Å². The Hall–Kier alpha value is -3.33. The van der Waals surface area contributed by atoms with Crippen LogP contribution in [-0.4, -0.2) is 44.4 Å². The van der Waals surface area contributed by atoms with Gasteiger partial charge in [-0.15, -0.1) is 0 Å². The van der Waals surface area contributed by atoms with Crippen molar-refractivity contribution >= 4 is 17.8 Å². The number of carbonyl (C=O) groups excluding carboxylic acids is 3. The molecule has 0 spiro atoms. The van der Waals surface area contributed by atoms with E-state index in [-0.39, 0.29) is 30.6 Å². The SMILES string of the molecule is CC(C)(C)OC(=O)CCC(C(N)=O)N1Cc2cc(-c3nccc(CO)c3F)ccc2C1=O. The minimum Gasteiger partial charge on any atom is -0.460 e. The van der Waals surface area contributed by atoms with Crippen LogP contribution in [0.1, 0.15) is 55.1 Å². The molecule has 9 heteroatoms.